The molecule has 3 aromatic rings. The number of nitrogens with zero attached hydrogens (tertiary/aromatic N) is 3. The molecule has 0 aliphatic carbocycles. The number of aryl methyl sites for hydroxylation is 1. The third-order valence-electron chi connectivity index (χ3n) is 4.99. The molecule has 1 amide bonds. The molecule has 0 spiro atoms. The first-order valence-corrected chi connectivity index (χ1v) is 8.99. The Kier molecular flexibility index (Phi) is 4.14. The van der Waals surface area contributed by atoms with E-state index in [-0.39, 0.29) is 17.4 Å². The smallest absolute Gasteiger partial charge is 0.264 e. The molecule has 1 aliphatic heterocycles. The van der Waals surface area contributed by atoms with Gasteiger partial charge >= 0.3 is 0 Å². The highest BCUT2D eigenvalue weighted by Crippen LogP contribution is 2.40. The number of nitrogens with one attached hydrogen (secondary N) is 2. The van der Waals surface area contributed by atoms with Crippen LogP contribution in [0.4, 0.5) is 5.82 Å². The van der Waals surface area contributed by atoms with Gasteiger partial charge in [0, 0.05) is 24.0 Å². The van der Waals surface area contributed by atoms with Crippen molar-refractivity contribution in [3.8, 4) is 5.82 Å². The van der Waals surface area contributed by atoms with Crippen LogP contribution in [0.1, 0.15) is 54.5 Å². The summed E-state index contributed by atoms with van der Waals surface area (Å²) in [7, 11) is 0. The van der Waals surface area contributed by atoms with Gasteiger partial charge in [0.05, 0.1) is 5.69 Å². The van der Waals surface area contributed by atoms with Gasteiger partial charge in [-0.15, -0.1) is 0 Å². The van der Waals surface area contributed by atoms with Crippen LogP contribution in [0.3, 0.4) is 0 Å². The number of anilines is 1. The van der Waals surface area contributed by atoms with E-state index in [4.69, 9.17) is 0 Å². The number of fused-ring (bicyclic) bond motifs is 1. The van der Waals surface area contributed by atoms with Crippen molar-refractivity contribution in [3.63, 3.8) is 0 Å². The Morgan fingerprint density at radius 2 is 1.85 bits per heavy atom. The molecule has 0 saturated heterocycles. The molecule has 0 unspecified atom stereocenters. The minimum atomic E-state index is -0.288. The number of carbonyl (C=O) groups excluding carboxylic acids is 1. The van der Waals surface area contributed by atoms with E-state index in [0.29, 0.717) is 24.0 Å². The van der Waals surface area contributed by atoms with Crippen LogP contribution >= 0.6 is 0 Å². The van der Waals surface area contributed by atoms with E-state index in [9.17, 15) is 9.59 Å². The van der Waals surface area contributed by atoms with Crippen molar-refractivity contribution in [1.82, 2.24) is 20.0 Å². The SMILES string of the molecule is Cc1nn(-c2ccc(=O)[nH]n2)c2c1[C@@H](c1ccc(C(C)C)cc1)CC(=O)N2. The van der Waals surface area contributed by atoms with Crippen LogP contribution in [0.15, 0.2) is 41.2 Å². The zero-order valence-electron chi connectivity index (χ0n) is 15.5. The predicted molar refractivity (Wildman–Crippen MR) is 102 cm³/mol. The van der Waals surface area contributed by atoms with E-state index in [1.807, 2.05) is 6.92 Å². The molecule has 2 N–H and O–H groups in total. The van der Waals surface area contributed by atoms with E-state index in [2.05, 4.69) is 58.7 Å². The van der Waals surface area contributed by atoms with Crippen molar-refractivity contribution in [2.75, 3.05) is 5.32 Å². The maximum absolute atomic E-state index is 12.4. The normalized spacial score (nSPS) is 16.3. The Labute approximate surface area is 156 Å². The molecule has 27 heavy (non-hydrogen) atoms. The number of carbonyl (C=O) groups is 1. The van der Waals surface area contributed by atoms with Crippen molar-refractivity contribution < 1.29 is 4.79 Å². The molecule has 0 fully saturated rings. The second-order valence-electron chi connectivity index (χ2n) is 7.17. The van der Waals surface area contributed by atoms with E-state index in [0.717, 1.165) is 16.8 Å². The zero-order valence-corrected chi connectivity index (χ0v) is 15.5. The lowest BCUT2D eigenvalue weighted by Crippen LogP contribution is -2.25. The third-order valence-corrected chi connectivity index (χ3v) is 4.99. The van der Waals surface area contributed by atoms with Gasteiger partial charge in [-0.05, 0) is 30.0 Å². The van der Waals surface area contributed by atoms with E-state index in [1.165, 1.54) is 11.6 Å². The summed E-state index contributed by atoms with van der Waals surface area (Å²) in [5.41, 5.74) is 3.89. The Hall–Kier alpha value is -3.22. The number of aromatic nitrogens is 4. The first kappa shape index (κ1) is 17.2. The molecule has 4 rings (SSSR count). The Morgan fingerprint density at radius 1 is 1.11 bits per heavy atom. The van der Waals surface area contributed by atoms with Crippen molar-refractivity contribution in [2.45, 2.75) is 39.0 Å². The van der Waals surface area contributed by atoms with Gasteiger partial charge in [0.15, 0.2) is 5.82 Å². The molecule has 2 aromatic heterocycles. The summed E-state index contributed by atoms with van der Waals surface area (Å²) in [4.78, 5) is 23.7. The van der Waals surface area contributed by atoms with Crippen molar-refractivity contribution >= 4 is 11.7 Å². The van der Waals surface area contributed by atoms with E-state index >= 15 is 0 Å². The summed E-state index contributed by atoms with van der Waals surface area (Å²) in [5, 5.41) is 13.9. The van der Waals surface area contributed by atoms with Crippen molar-refractivity contribution in [2.24, 2.45) is 0 Å². The fourth-order valence-corrected chi connectivity index (χ4v) is 3.57. The van der Waals surface area contributed by atoms with Crippen LogP contribution in [0.2, 0.25) is 0 Å². The molecule has 1 aromatic carbocycles. The molecule has 138 valence electrons. The van der Waals surface area contributed by atoms with Gasteiger partial charge in [-0.25, -0.2) is 5.10 Å². The second kappa shape index (κ2) is 6.50. The van der Waals surface area contributed by atoms with Gasteiger partial charge < -0.3 is 5.32 Å². The lowest BCUT2D eigenvalue weighted by atomic mass is 9.85. The fraction of sp³-hybridized carbons (Fsp3) is 0.300. The summed E-state index contributed by atoms with van der Waals surface area (Å²) in [5.74, 6) is 1.40. The number of amides is 1. The zero-order chi connectivity index (χ0) is 19.1. The van der Waals surface area contributed by atoms with Gasteiger partial charge in [-0.2, -0.15) is 14.9 Å². The molecule has 1 atom stereocenters. The molecule has 7 heteroatoms. The van der Waals surface area contributed by atoms with Crippen LogP contribution in [0.5, 0.6) is 0 Å². The van der Waals surface area contributed by atoms with Gasteiger partial charge in [0.25, 0.3) is 5.56 Å². The van der Waals surface area contributed by atoms with Crippen LogP contribution in [0.25, 0.3) is 5.82 Å². The van der Waals surface area contributed by atoms with E-state index in [1.54, 1.807) is 10.7 Å². The van der Waals surface area contributed by atoms with Crippen LogP contribution in [0, 0.1) is 6.92 Å². The average Bonchev–Trinajstić information content (AvgIpc) is 2.98. The highest BCUT2D eigenvalue weighted by Gasteiger charge is 2.32. The molecular formula is C20H21N5O2. The molecular weight excluding hydrogens is 342 g/mol. The minimum absolute atomic E-state index is 0.0635. The minimum Gasteiger partial charge on any atom is -0.310 e. The summed E-state index contributed by atoms with van der Waals surface area (Å²) in [6.45, 7) is 6.24. The summed E-state index contributed by atoms with van der Waals surface area (Å²) < 4.78 is 1.58. The molecule has 0 saturated carbocycles. The first-order valence-electron chi connectivity index (χ1n) is 8.99. The monoisotopic (exact) mass is 363 g/mol. The summed E-state index contributed by atoms with van der Waals surface area (Å²) in [6.07, 6.45) is 0.375. The van der Waals surface area contributed by atoms with Crippen molar-refractivity contribution in [3.05, 3.63) is 69.1 Å². The molecule has 0 bridgehead atoms. The van der Waals surface area contributed by atoms with Gasteiger partial charge in [-0.1, -0.05) is 38.1 Å². The Balaban J connectivity index is 1.81. The van der Waals surface area contributed by atoms with Crippen LogP contribution in [-0.2, 0) is 4.79 Å². The topological polar surface area (TPSA) is 92.7 Å². The number of aromatic amines is 1. The van der Waals surface area contributed by atoms with Gasteiger partial charge in [-0.3, -0.25) is 9.59 Å². The van der Waals surface area contributed by atoms with Crippen LogP contribution < -0.4 is 10.9 Å². The lowest BCUT2D eigenvalue weighted by Gasteiger charge is -2.24. The largest absolute Gasteiger partial charge is 0.310 e. The van der Waals surface area contributed by atoms with Crippen molar-refractivity contribution in [1.29, 1.82) is 0 Å². The summed E-state index contributed by atoms with van der Waals surface area (Å²) in [6, 6.07) is 11.4. The standard InChI is InChI=1S/C20H21N5O2/c1-11(2)13-4-6-14(7-5-13)15-10-18(27)21-20-19(15)12(3)24-25(20)16-8-9-17(26)23-22-16/h4-9,11,15H,10H2,1-3H3,(H,21,27)(H,23,26)/t15-/m1/s1. The summed E-state index contributed by atoms with van der Waals surface area (Å²) >= 11 is 0. The third kappa shape index (κ3) is 3.05. The maximum Gasteiger partial charge on any atom is 0.264 e. The highest BCUT2D eigenvalue weighted by molar-refractivity contribution is 5.95. The quantitative estimate of drug-likeness (QED) is 0.748. The molecule has 1 aliphatic rings. The number of benzene rings is 1. The fourth-order valence-electron chi connectivity index (χ4n) is 3.57. The average molecular weight is 363 g/mol. The number of hydrogen-bond acceptors (Lipinski definition) is 4. The maximum atomic E-state index is 12.4. The highest BCUT2D eigenvalue weighted by atomic mass is 16.1. The number of rotatable bonds is 3. The van der Waals surface area contributed by atoms with Gasteiger partial charge in [0.1, 0.15) is 5.82 Å². The predicted octanol–water partition coefficient (Wildman–Crippen LogP) is 2.86. The number of hydrogen-bond donors (Lipinski definition) is 2. The Morgan fingerprint density at radius 3 is 2.48 bits per heavy atom. The Bertz CT molecular complexity index is 1040. The molecule has 3 heterocycles. The number of H-pyrrole nitrogens is 1. The van der Waals surface area contributed by atoms with Gasteiger partial charge in [0.2, 0.25) is 5.91 Å². The van der Waals surface area contributed by atoms with Crippen LogP contribution in [-0.4, -0.2) is 25.9 Å². The lowest BCUT2D eigenvalue weighted by molar-refractivity contribution is -0.116. The molecule has 0 radical (unpaired) electrons. The second-order valence-corrected chi connectivity index (χ2v) is 7.17. The van der Waals surface area contributed by atoms with E-state index < -0.39 is 0 Å². The molecule has 7 nitrogen and oxygen atoms in total. The first-order chi connectivity index (χ1) is 12.9.